The van der Waals surface area contributed by atoms with Crippen LogP contribution in [0.3, 0.4) is 0 Å². The lowest BCUT2D eigenvalue weighted by atomic mass is 10.2. The van der Waals surface area contributed by atoms with Crippen LogP contribution < -0.4 is 15.4 Å². The molecule has 0 fully saturated rings. The lowest BCUT2D eigenvalue weighted by Gasteiger charge is -2.21. The number of benzene rings is 2. The van der Waals surface area contributed by atoms with Crippen molar-refractivity contribution in [3.63, 3.8) is 0 Å². The molecule has 26 heavy (non-hydrogen) atoms. The highest BCUT2D eigenvalue weighted by molar-refractivity contribution is 7.89. The number of anilines is 1. The molecule has 6 nitrogen and oxygen atoms in total. The minimum atomic E-state index is -3.76. The van der Waals surface area contributed by atoms with Gasteiger partial charge in [0.05, 0.1) is 22.0 Å². The number of nitrogens with two attached hydrogens (primary N) is 1. The predicted molar refractivity (Wildman–Crippen MR) is 103 cm³/mol. The van der Waals surface area contributed by atoms with Crippen LogP contribution in [0.25, 0.3) is 0 Å². The molecule has 0 aliphatic carbocycles. The molecule has 2 aromatic rings. The third kappa shape index (κ3) is 5.18. The molecule has 0 aromatic heterocycles. The van der Waals surface area contributed by atoms with Crippen LogP contribution in [-0.2, 0) is 21.4 Å². The van der Waals surface area contributed by atoms with Crippen molar-refractivity contribution in [1.29, 1.82) is 0 Å². The van der Waals surface area contributed by atoms with Crippen LogP contribution in [0.2, 0.25) is 10.0 Å². The molecular weight excluding hydrogens is 397 g/mol. The van der Waals surface area contributed by atoms with E-state index in [4.69, 9.17) is 28.3 Å². The molecule has 9 heteroatoms. The number of hydrogen-bond donors (Lipinski definition) is 3. The summed E-state index contributed by atoms with van der Waals surface area (Å²) in [4.78, 5) is 13.4. The number of quaternary nitrogens is 1. The van der Waals surface area contributed by atoms with Gasteiger partial charge in [-0.05, 0) is 37.3 Å². The maximum absolute atomic E-state index is 12.4. The van der Waals surface area contributed by atoms with E-state index in [2.05, 4.69) is 5.32 Å². The van der Waals surface area contributed by atoms with E-state index in [1.54, 1.807) is 13.0 Å². The number of carbonyl (C=O) groups is 1. The highest BCUT2D eigenvalue weighted by atomic mass is 35.5. The molecular formula is C17H20Cl2N3O3S+. The lowest BCUT2D eigenvalue weighted by Crippen LogP contribution is -3.12. The van der Waals surface area contributed by atoms with Crippen molar-refractivity contribution in [3.05, 3.63) is 58.1 Å². The molecule has 0 bridgehead atoms. The highest BCUT2D eigenvalue weighted by Crippen LogP contribution is 2.24. The van der Waals surface area contributed by atoms with Crippen molar-refractivity contribution >= 4 is 44.8 Å². The molecule has 2 rings (SSSR count). The van der Waals surface area contributed by atoms with E-state index < -0.39 is 10.0 Å². The van der Waals surface area contributed by atoms with Gasteiger partial charge in [0.25, 0.3) is 5.91 Å². The normalized spacial score (nSPS) is 13.9. The quantitative estimate of drug-likeness (QED) is 0.668. The largest absolute Gasteiger partial charge is 0.324 e. The number of sulfonamides is 1. The molecule has 0 saturated heterocycles. The molecule has 0 heterocycles. The molecule has 0 aliphatic rings. The molecule has 0 aliphatic heterocycles. The maximum atomic E-state index is 12.4. The Morgan fingerprint density at radius 3 is 2.38 bits per heavy atom. The molecule has 4 N–H and O–H groups in total. The first-order chi connectivity index (χ1) is 12.1. The molecule has 2 atom stereocenters. The Hall–Kier alpha value is -1.64. The van der Waals surface area contributed by atoms with Gasteiger partial charge < -0.3 is 10.2 Å². The van der Waals surface area contributed by atoms with E-state index in [9.17, 15) is 13.2 Å². The standard InChI is InChI=1S/C17H19Cl2N3O3S/c1-11(22(2)10-12-4-3-5-15(18)16(12)19)17(23)21-13-6-8-14(9-7-13)26(20,24)25/h3-9,11H,10H2,1-2H3,(H,21,23)(H2,20,24,25)/p+1/t11-/m1/s1. The molecule has 1 amide bonds. The van der Waals surface area contributed by atoms with Crippen LogP contribution in [0.1, 0.15) is 12.5 Å². The SMILES string of the molecule is C[C@H](C(=O)Nc1ccc(S(N)(=O)=O)cc1)[NH+](C)Cc1cccc(Cl)c1Cl. The molecule has 0 radical (unpaired) electrons. The van der Waals surface area contributed by atoms with Gasteiger partial charge in [0.1, 0.15) is 6.54 Å². The van der Waals surface area contributed by atoms with Crippen molar-refractivity contribution in [2.45, 2.75) is 24.4 Å². The summed E-state index contributed by atoms with van der Waals surface area (Å²) in [6.45, 7) is 2.32. The van der Waals surface area contributed by atoms with E-state index in [1.165, 1.54) is 24.3 Å². The summed E-state index contributed by atoms with van der Waals surface area (Å²) >= 11 is 12.2. The van der Waals surface area contributed by atoms with Crippen molar-refractivity contribution in [2.24, 2.45) is 5.14 Å². The van der Waals surface area contributed by atoms with Crippen molar-refractivity contribution in [2.75, 3.05) is 12.4 Å². The van der Waals surface area contributed by atoms with Gasteiger partial charge in [-0.25, -0.2) is 13.6 Å². The zero-order valence-electron chi connectivity index (χ0n) is 14.3. The molecule has 1 unspecified atom stereocenters. The van der Waals surface area contributed by atoms with Crippen LogP contribution in [0.15, 0.2) is 47.4 Å². The summed E-state index contributed by atoms with van der Waals surface area (Å²) in [6.07, 6.45) is 0. The summed E-state index contributed by atoms with van der Waals surface area (Å²) in [7, 11) is -1.88. The number of hydrogen-bond acceptors (Lipinski definition) is 3. The minimum absolute atomic E-state index is 0.0121. The first kappa shape index (κ1) is 20.7. The van der Waals surface area contributed by atoms with Gasteiger partial charge in [-0.2, -0.15) is 0 Å². The fourth-order valence-electron chi connectivity index (χ4n) is 2.34. The fourth-order valence-corrected chi connectivity index (χ4v) is 3.24. The second kappa shape index (κ2) is 8.37. The number of primary sulfonamides is 1. The van der Waals surface area contributed by atoms with E-state index >= 15 is 0 Å². The topological polar surface area (TPSA) is 93.7 Å². The number of nitrogens with one attached hydrogen (secondary N) is 2. The van der Waals surface area contributed by atoms with Crippen molar-refractivity contribution in [1.82, 2.24) is 0 Å². The number of amides is 1. The number of carbonyl (C=O) groups excluding carboxylic acids is 1. The Kier molecular flexibility index (Phi) is 6.65. The van der Waals surface area contributed by atoms with Gasteiger partial charge >= 0.3 is 0 Å². The van der Waals surface area contributed by atoms with Crippen LogP contribution in [0, 0.1) is 0 Å². The lowest BCUT2D eigenvalue weighted by molar-refractivity contribution is -0.907. The van der Waals surface area contributed by atoms with Gasteiger partial charge in [-0.15, -0.1) is 0 Å². The monoisotopic (exact) mass is 416 g/mol. The summed E-state index contributed by atoms with van der Waals surface area (Å²) < 4.78 is 22.5. The fraction of sp³-hybridized carbons (Fsp3) is 0.235. The third-order valence-electron chi connectivity index (χ3n) is 4.08. The van der Waals surface area contributed by atoms with Crippen LogP contribution in [-0.4, -0.2) is 27.4 Å². The van der Waals surface area contributed by atoms with E-state index in [0.717, 1.165) is 10.5 Å². The first-order valence-electron chi connectivity index (χ1n) is 7.78. The summed E-state index contributed by atoms with van der Waals surface area (Å²) in [5.41, 5.74) is 1.34. The van der Waals surface area contributed by atoms with Gasteiger partial charge in [0.15, 0.2) is 6.04 Å². The average Bonchev–Trinajstić information content (AvgIpc) is 2.57. The summed E-state index contributed by atoms with van der Waals surface area (Å²) in [5, 5.41) is 8.77. The maximum Gasteiger partial charge on any atom is 0.282 e. The Balaban J connectivity index is 2.03. The Labute approximate surface area is 162 Å². The second-order valence-corrected chi connectivity index (χ2v) is 8.36. The van der Waals surface area contributed by atoms with E-state index in [0.29, 0.717) is 22.3 Å². The zero-order chi connectivity index (χ0) is 19.5. The van der Waals surface area contributed by atoms with E-state index in [-0.39, 0.29) is 16.8 Å². The second-order valence-electron chi connectivity index (χ2n) is 6.02. The zero-order valence-corrected chi connectivity index (χ0v) is 16.6. The van der Waals surface area contributed by atoms with Gasteiger partial charge in [-0.1, -0.05) is 35.3 Å². The van der Waals surface area contributed by atoms with Gasteiger partial charge in [-0.3, -0.25) is 4.79 Å². The third-order valence-corrected chi connectivity index (χ3v) is 5.87. The highest BCUT2D eigenvalue weighted by Gasteiger charge is 2.23. The Morgan fingerprint density at radius 2 is 1.81 bits per heavy atom. The number of likely N-dealkylation sites (N-methyl/N-ethyl adjacent to an activating group) is 1. The molecule has 2 aromatic carbocycles. The Bertz CT molecular complexity index is 902. The summed E-state index contributed by atoms with van der Waals surface area (Å²) in [5.74, 6) is -0.205. The molecule has 140 valence electrons. The van der Waals surface area contributed by atoms with E-state index in [1.807, 2.05) is 19.2 Å². The minimum Gasteiger partial charge on any atom is -0.324 e. The predicted octanol–water partition coefficient (Wildman–Crippen LogP) is 1.68. The number of rotatable bonds is 6. The van der Waals surface area contributed by atoms with Gasteiger partial charge in [0.2, 0.25) is 10.0 Å². The first-order valence-corrected chi connectivity index (χ1v) is 10.1. The van der Waals surface area contributed by atoms with Crippen molar-refractivity contribution < 1.29 is 18.1 Å². The summed E-state index contributed by atoms with van der Waals surface area (Å²) in [6, 6.07) is 10.7. The van der Waals surface area contributed by atoms with Crippen LogP contribution in [0.5, 0.6) is 0 Å². The average molecular weight is 417 g/mol. The van der Waals surface area contributed by atoms with Gasteiger partial charge in [0, 0.05) is 11.3 Å². The van der Waals surface area contributed by atoms with Crippen LogP contribution >= 0.6 is 23.2 Å². The van der Waals surface area contributed by atoms with Crippen molar-refractivity contribution in [3.8, 4) is 0 Å². The smallest absolute Gasteiger partial charge is 0.282 e. The van der Waals surface area contributed by atoms with Crippen LogP contribution in [0.4, 0.5) is 5.69 Å². The Morgan fingerprint density at radius 1 is 1.19 bits per heavy atom. The molecule has 0 saturated carbocycles. The molecule has 0 spiro atoms. The number of halogens is 2.